The standard InChI is InChI=1S/C16H24N2O.ClH/c1-3-18(12-15-7-5-4-6-13(15)2)16(19)10-14-8-9-17-11-14;/h4-7,14,17H,3,8-12H2,1-2H3;1H. The summed E-state index contributed by atoms with van der Waals surface area (Å²) >= 11 is 0. The van der Waals surface area contributed by atoms with Gasteiger partial charge < -0.3 is 10.2 Å². The normalized spacial score (nSPS) is 17.6. The fourth-order valence-corrected chi connectivity index (χ4v) is 2.63. The molecule has 1 aliphatic heterocycles. The van der Waals surface area contributed by atoms with Crippen molar-refractivity contribution in [3.05, 3.63) is 35.4 Å². The van der Waals surface area contributed by atoms with Crippen LogP contribution in [0.2, 0.25) is 0 Å². The molecule has 0 saturated carbocycles. The Morgan fingerprint density at radius 2 is 2.15 bits per heavy atom. The summed E-state index contributed by atoms with van der Waals surface area (Å²) in [7, 11) is 0. The van der Waals surface area contributed by atoms with Crippen LogP contribution in [0.25, 0.3) is 0 Å². The average molecular weight is 297 g/mol. The van der Waals surface area contributed by atoms with Crippen molar-refractivity contribution < 1.29 is 4.79 Å². The Bertz CT molecular complexity index is 430. The first kappa shape index (κ1) is 17.0. The number of aryl methyl sites for hydroxylation is 1. The predicted molar refractivity (Wildman–Crippen MR) is 85.1 cm³/mol. The van der Waals surface area contributed by atoms with Gasteiger partial charge in [-0.15, -0.1) is 12.4 Å². The fraction of sp³-hybridized carbons (Fsp3) is 0.562. The first-order chi connectivity index (χ1) is 9.20. The smallest absolute Gasteiger partial charge is 0.223 e. The van der Waals surface area contributed by atoms with E-state index in [1.54, 1.807) is 0 Å². The van der Waals surface area contributed by atoms with Crippen LogP contribution in [0.15, 0.2) is 24.3 Å². The largest absolute Gasteiger partial charge is 0.339 e. The summed E-state index contributed by atoms with van der Waals surface area (Å²) in [5.74, 6) is 0.817. The molecule has 0 aliphatic carbocycles. The van der Waals surface area contributed by atoms with Crippen molar-refractivity contribution in [3.8, 4) is 0 Å². The maximum atomic E-state index is 12.3. The van der Waals surface area contributed by atoms with E-state index in [2.05, 4.69) is 31.3 Å². The van der Waals surface area contributed by atoms with Crippen LogP contribution >= 0.6 is 12.4 Å². The van der Waals surface area contributed by atoms with Crippen LogP contribution in [-0.2, 0) is 11.3 Å². The molecular weight excluding hydrogens is 272 g/mol. The van der Waals surface area contributed by atoms with Gasteiger partial charge in [0.15, 0.2) is 0 Å². The van der Waals surface area contributed by atoms with Gasteiger partial charge in [-0.2, -0.15) is 0 Å². The summed E-state index contributed by atoms with van der Waals surface area (Å²) in [5, 5.41) is 3.32. The van der Waals surface area contributed by atoms with Crippen molar-refractivity contribution >= 4 is 18.3 Å². The molecule has 0 aromatic heterocycles. The molecule has 1 heterocycles. The van der Waals surface area contributed by atoms with E-state index in [0.717, 1.165) is 32.6 Å². The third kappa shape index (κ3) is 4.50. The van der Waals surface area contributed by atoms with Gasteiger partial charge in [-0.3, -0.25) is 4.79 Å². The molecule has 112 valence electrons. The minimum absolute atomic E-state index is 0. The van der Waals surface area contributed by atoms with Crippen LogP contribution in [0.4, 0.5) is 0 Å². The van der Waals surface area contributed by atoms with E-state index in [0.29, 0.717) is 18.2 Å². The van der Waals surface area contributed by atoms with Gasteiger partial charge in [-0.25, -0.2) is 0 Å². The Morgan fingerprint density at radius 1 is 1.40 bits per heavy atom. The van der Waals surface area contributed by atoms with E-state index >= 15 is 0 Å². The number of hydrogen-bond donors (Lipinski definition) is 1. The lowest BCUT2D eigenvalue weighted by atomic mass is 10.0. The van der Waals surface area contributed by atoms with Gasteiger partial charge in [0, 0.05) is 19.5 Å². The molecule has 1 N–H and O–H groups in total. The first-order valence-corrected chi connectivity index (χ1v) is 7.23. The third-order valence-electron chi connectivity index (χ3n) is 3.98. The molecule has 0 spiro atoms. The van der Waals surface area contributed by atoms with Crippen molar-refractivity contribution in [1.82, 2.24) is 10.2 Å². The lowest BCUT2D eigenvalue weighted by Crippen LogP contribution is -2.32. The van der Waals surface area contributed by atoms with Crippen LogP contribution in [-0.4, -0.2) is 30.4 Å². The maximum absolute atomic E-state index is 12.3. The fourth-order valence-electron chi connectivity index (χ4n) is 2.63. The van der Waals surface area contributed by atoms with Gasteiger partial charge in [0.05, 0.1) is 0 Å². The van der Waals surface area contributed by atoms with Crippen molar-refractivity contribution in [2.24, 2.45) is 5.92 Å². The number of benzene rings is 1. The second-order valence-corrected chi connectivity index (χ2v) is 5.40. The molecule has 4 heteroatoms. The van der Waals surface area contributed by atoms with Crippen LogP contribution in [0.1, 0.15) is 30.9 Å². The Morgan fingerprint density at radius 3 is 2.75 bits per heavy atom. The van der Waals surface area contributed by atoms with Gasteiger partial charge in [-0.1, -0.05) is 24.3 Å². The Hall–Kier alpha value is -1.06. The summed E-state index contributed by atoms with van der Waals surface area (Å²) in [6, 6.07) is 8.31. The van der Waals surface area contributed by atoms with Gasteiger partial charge in [-0.05, 0) is 50.4 Å². The molecule has 1 amide bonds. The molecular formula is C16H25ClN2O. The quantitative estimate of drug-likeness (QED) is 0.906. The van der Waals surface area contributed by atoms with E-state index in [4.69, 9.17) is 0 Å². The molecule has 0 bridgehead atoms. The molecule has 2 rings (SSSR count). The summed E-state index contributed by atoms with van der Waals surface area (Å²) < 4.78 is 0. The van der Waals surface area contributed by atoms with E-state index in [9.17, 15) is 4.79 Å². The van der Waals surface area contributed by atoms with Gasteiger partial charge in [0.1, 0.15) is 0 Å². The van der Waals surface area contributed by atoms with E-state index < -0.39 is 0 Å². The van der Waals surface area contributed by atoms with Crippen molar-refractivity contribution in [3.63, 3.8) is 0 Å². The Balaban J connectivity index is 0.00000200. The topological polar surface area (TPSA) is 32.3 Å². The molecule has 1 aromatic carbocycles. The summed E-state index contributed by atoms with van der Waals surface area (Å²) in [6.45, 7) is 7.74. The van der Waals surface area contributed by atoms with Crippen molar-refractivity contribution in [2.45, 2.75) is 33.2 Å². The van der Waals surface area contributed by atoms with E-state index in [1.165, 1.54) is 11.1 Å². The molecule has 1 atom stereocenters. The number of nitrogens with one attached hydrogen (secondary N) is 1. The molecule has 20 heavy (non-hydrogen) atoms. The first-order valence-electron chi connectivity index (χ1n) is 7.23. The van der Waals surface area contributed by atoms with Crippen LogP contribution in [0.5, 0.6) is 0 Å². The Kier molecular flexibility index (Phi) is 7.03. The number of amides is 1. The average Bonchev–Trinajstić information content (AvgIpc) is 2.90. The molecule has 1 saturated heterocycles. The SMILES string of the molecule is CCN(Cc1ccccc1C)C(=O)CC1CCNC1.Cl. The Labute approximate surface area is 128 Å². The van der Waals surface area contributed by atoms with Gasteiger partial charge >= 0.3 is 0 Å². The highest BCUT2D eigenvalue weighted by atomic mass is 35.5. The summed E-state index contributed by atoms with van der Waals surface area (Å²) in [6.07, 6.45) is 1.82. The van der Waals surface area contributed by atoms with Crippen molar-refractivity contribution in [1.29, 1.82) is 0 Å². The number of hydrogen-bond acceptors (Lipinski definition) is 2. The lowest BCUT2D eigenvalue weighted by molar-refractivity contribution is -0.132. The molecule has 1 aromatic rings. The highest BCUT2D eigenvalue weighted by Crippen LogP contribution is 2.16. The number of carbonyl (C=O) groups excluding carboxylic acids is 1. The minimum Gasteiger partial charge on any atom is -0.339 e. The number of halogens is 1. The monoisotopic (exact) mass is 296 g/mol. The molecule has 1 unspecified atom stereocenters. The van der Waals surface area contributed by atoms with E-state index in [1.807, 2.05) is 17.0 Å². The summed E-state index contributed by atoms with van der Waals surface area (Å²) in [5.41, 5.74) is 2.51. The zero-order valence-electron chi connectivity index (χ0n) is 12.4. The molecule has 1 aliphatic rings. The predicted octanol–water partition coefficient (Wildman–Crippen LogP) is 2.76. The van der Waals surface area contributed by atoms with Crippen LogP contribution in [0, 0.1) is 12.8 Å². The zero-order chi connectivity index (χ0) is 13.7. The third-order valence-corrected chi connectivity index (χ3v) is 3.98. The second-order valence-electron chi connectivity index (χ2n) is 5.40. The maximum Gasteiger partial charge on any atom is 0.223 e. The number of rotatable bonds is 5. The van der Waals surface area contributed by atoms with Crippen LogP contribution < -0.4 is 5.32 Å². The molecule has 1 fully saturated rings. The van der Waals surface area contributed by atoms with Crippen LogP contribution in [0.3, 0.4) is 0 Å². The highest BCUT2D eigenvalue weighted by molar-refractivity contribution is 5.85. The zero-order valence-corrected chi connectivity index (χ0v) is 13.2. The minimum atomic E-state index is 0. The number of nitrogens with zero attached hydrogens (tertiary/aromatic N) is 1. The second kappa shape index (κ2) is 8.28. The van der Waals surface area contributed by atoms with Crippen molar-refractivity contribution in [2.75, 3.05) is 19.6 Å². The molecule has 0 radical (unpaired) electrons. The summed E-state index contributed by atoms with van der Waals surface area (Å²) in [4.78, 5) is 14.3. The van der Waals surface area contributed by atoms with Gasteiger partial charge in [0.2, 0.25) is 5.91 Å². The van der Waals surface area contributed by atoms with E-state index in [-0.39, 0.29) is 12.4 Å². The lowest BCUT2D eigenvalue weighted by Gasteiger charge is -2.23. The molecule has 3 nitrogen and oxygen atoms in total. The number of carbonyl (C=O) groups is 1. The highest BCUT2D eigenvalue weighted by Gasteiger charge is 2.21. The van der Waals surface area contributed by atoms with Gasteiger partial charge in [0.25, 0.3) is 0 Å².